The van der Waals surface area contributed by atoms with E-state index in [2.05, 4.69) is 54.8 Å². The second-order valence-electron chi connectivity index (χ2n) is 11.0. The van der Waals surface area contributed by atoms with E-state index in [1.54, 1.807) is 0 Å². The van der Waals surface area contributed by atoms with Crippen molar-refractivity contribution in [2.24, 2.45) is 17.8 Å². The highest BCUT2D eigenvalue weighted by Gasteiger charge is 2.37. The molecule has 2 bridgehead atoms. The molecule has 3 fully saturated rings. The fourth-order valence-electron chi connectivity index (χ4n) is 5.84. The molecule has 1 saturated carbocycles. The molecule has 30 heavy (non-hydrogen) atoms. The van der Waals surface area contributed by atoms with Gasteiger partial charge in [-0.3, -0.25) is 9.69 Å². The fourth-order valence-corrected chi connectivity index (χ4v) is 5.84. The summed E-state index contributed by atoms with van der Waals surface area (Å²) in [6.45, 7) is 13.0. The van der Waals surface area contributed by atoms with Crippen LogP contribution >= 0.6 is 0 Å². The average molecular weight is 409 g/mol. The van der Waals surface area contributed by atoms with E-state index < -0.39 is 0 Å². The molecule has 0 radical (unpaired) electrons. The summed E-state index contributed by atoms with van der Waals surface area (Å²) < 4.78 is 5.82. The Morgan fingerprint density at radius 1 is 0.967 bits per heavy atom. The number of hydrogen-bond donors (Lipinski definition) is 0. The summed E-state index contributed by atoms with van der Waals surface area (Å²) in [5, 5.41) is 0. The monoisotopic (exact) mass is 408 g/mol. The molecule has 4 heterocycles. The predicted molar refractivity (Wildman–Crippen MR) is 121 cm³/mol. The zero-order valence-corrected chi connectivity index (χ0v) is 18.8. The van der Waals surface area contributed by atoms with Crippen molar-refractivity contribution in [1.82, 2.24) is 9.80 Å². The zero-order chi connectivity index (χ0) is 20.9. The Balaban J connectivity index is 1.27. The zero-order valence-electron chi connectivity index (χ0n) is 18.8. The lowest BCUT2D eigenvalue weighted by Gasteiger charge is -2.36. The maximum absolute atomic E-state index is 12.8. The number of rotatable bonds is 3. The van der Waals surface area contributed by atoms with Crippen molar-refractivity contribution in [3.8, 4) is 5.75 Å². The number of esters is 1. The molecule has 162 valence electrons. The van der Waals surface area contributed by atoms with Crippen molar-refractivity contribution in [1.29, 1.82) is 0 Å². The van der Waals surface area contributed by atoms with E-state index >= 15 is 0 Å². The molecular formula is C26H36N2O2. The second-order valence-corrected chi connectivity index (χ2v) is 11.0. The van der Waals surface area contributed by atoms with Gasteiger partial charge in [-0.15, -0.1) is 0 Å². The minimum Gasteiger partial charge on any atom is -0.425 e. The molecule has 1 unspecified atom stereocenters. The lowest BCUT2D eigenvalue weighted by Crippen LogP contribution is -2.44. The first-order valence-electron chi connectivity index (χ1n) is 11.9. The molecule has 6 rings (SSSR count). The lowest BCUT2D eigenvalue weighted by molar-refractivity contribution is -0.138. The summed E-state index contributed by atoms with van der Waals surface area (Å²) in [6, 6.07) is 6.41. The summed E-state index contributed by atoms with van der Waals surface area (Å²) in [6.07, 6.45) is 8.00. The van der Waals surface area contributed by atoms with Crippen molar-refractivity contribution in [2.75, 3.05) is 39.3 Å². The molecule has 0 amide bonds. The summed E-state index contributed by atoms with van der Waals surface area (Å²) in [5.74, 6) is 2.34. The molecule has 1 aromatic rings. The van der Waals surface area contributed by atoms with E-state index in [-0.39, 0.29) is 17.3 Å². The molecule has 1 atom stereocenters. The van der Waals surface area contributed by atoms with Gasteiger partial charge in [0.15, 0.2) is 0 Å². The first-order valence-corrected chi connectivity index (χ1v) is 11.9. The molecule has 0 spiro atoms. The van der Waals surface area contributed by atoms with Crippen LogP contribution in [0, 0.1) is 17.8 Å². The number of fused-ring (bicyclic) bond motifs is 7. The minimum absolute atomic E-state index is 0.0445. The van der Waals surface area contributed by atoms with Gasteiger partial charge < -0.3 is 9.64 Å². The van der Waals surface area contributed by atoms with E-state index in [9.17, 15) is 4.79 Å². The van der Waals surface area contributed by atoms with Gasteiger partial charge in [0, 0.05) is 44.8 Å². The summed E-state index contributed by atoms with van der Waals surface area (Å²) >= 11 is 0. The number of carbonyl (C=O) groups excluding carboxylic acids is 1. The van der Waals surface area contributed by atoms with Crippen LogP contribution in [-0.4, -0.2) is 55.0 Å². The van der Waals surface area contributed by atoms with Crippen molar-refractivity contribution in [3.63, 3.8) is 0 Å². The van der Waals surface area contributed by atoms with Crippen LogP contribution in [0.3, 0.4) is 0 Å². The summed E-state index contributed by atoms with van der Waals surface area (Å²) in [7, 11) is 0. The van der Waals surface area contributed by atoms with Gasteiger partial charge in [0.25, 0.3) is 0 Å². The van der Waals surface area contributed by atoms with Crippen LogP contribution in [0.4, 0.5) is 0 Å². The van der Waals surface area contributed by atoms with Gasteiger partial charge >= 0.3 is 5.97 Å². The topological polar surface area (TPSA) is 32.8 Å². The van der Waals surface area contributed by atoms with Crippen LogP contribution < -0.4 is 4.74 Å². The maximum atomic E-state index is 12.8. The van der Waals surface area contributed by atoms with E-state index in [1.807, 2.05) is 0 Å². The van der Waals surface area contributed by atoms with Crippen LogP contribution in [-0.2, 0) is 10.2 Å². The molecular weight excluding hydrogens is 372 g/mol. The number of benzene rings is 1. The van der Waals surface area contributed by atoms with Gasteiger partial charge in [-0.1, -0.05) is 39.0 Å². The Bertz CT molecular complexity index is 831. The maximum Gasteiger partial charge on any atom is 0.320 e. The predicted octanol–water partition coefficient (Wildman–Crippen LogP) is 4.34. The number of nitrogens with zero attached hydrogens (tertiary/aromatic N) is 2. The Morgan fingerprint density at radius 2 is 1.63 bits per heavy atom. The third-order valence-electron chi connectivity index (χ3n) is 7.77. The molecule has 0 N–H and O–H groups in total. The highest BCUT2D eigenvalue weighted by atomic mass is 16.5. The molecule has 4 aliphatic heterocycles. The normalized spacial score (nSPS) is 29.6. The summed E-state index contributed by atoms with van der Waals surface area (Å²) in [5.41, 5.74) is 3.53. The SMILES string of the molecule is CC(C)(C)c1ccc2c(c1)OC(=O)C1CN(CCN3CC4CCC(CC4)C3)CC=C21. The molecule has 4 nitrogen and oxygen atoms in total. The van der Waals surface area contributed by atoms with E-state index in [0.717, 1.165) is 49.3 Å². The van der Waals surface area contributed by atoms with Crippen molar-refractivity contribution < 1.29 is 9.53 Å². The summed E-state index contributed by atoms with van der Waals surface area (Å²) in [4.78, 5) is 18.0. The Morgan fingerprint density at radius 3 is 2.30 bits per heavy atom. The van der Waals surface area contributed by atoms with Crippen molar-refractivity contribution in [2.45, 2.75) is 51.9 Å². The van der Waals surface area contributed by atoms with Crippen molar-refractivity contribution >= 4 is 11.5 Å². The van der Waals surface area contributed by atoms with Crippen LogP contribution in [0.5, 0.6) is 5.75 Å². The van der Waals surface area contributed by atoms with Crippen LogP contribution in [0.15, 0.2) is 24.3 Å². The van der Waals surface area contributed by atoms with E-state index in [0.29, 0.717) is 0 Å². The molecule has 1 aliphatic carbocycles. The highest BCUT2D eigenvalue weighted by Crippen LogP contribution is 2.41. The molecule has 4 heteroatoms. The second kappa shape index (κ2) is 7.80. The quantitative estimate of drug-likeness (QED) is 0.550. The third kappa shape index (κ3) is 3.97. The van der Waals surface area contributed by atoms with E-state index in [4.69, 9.17) is 4.74 Å². The van der Waals surface area contributed by atoms with Gasteiger partial charge in [0.1, 0.15) is 5.75 Å². The Hall–Kier alpha value is -1.65. The molecule has 0 aromatic heterocycles. The number of hydrogen-bond acceptors (Lipinski definition) is 4. The smallest absolute Gasteiger partial charge is 0.320 e. The van der Waals surface area contributed by atoms with Crippen LogP contribution in [0.25, 0.3) is 5.57 Å². The molecule has 2 saturated heterocycles. The number of ether oxygens (including phenoxy) is 1. The minimum atomic E-state index is -0.146. The van der Waals surface area contributed by atoms with Gasteiger partial charge in [-0.25, -0.2) is 0 Å². The fraction of sp³-hybridized carbons (Fsp3) is 0.654. The standard InChI is InChI=1S/C26H36N2O2/c1-26(2,3)20-8-9-22-21-10-11-27(17-23(21)25(29)30-24(22)14-20)12-13-28-15-18-4-5-19(16-28)7-6-18/h8-10,14,18-19,23H,4-7,11-13,15-17H2,1-3H3. The van der Waals surface area contributed by atoms with Gasteiger partial charge in [0.2, 0.25) is 0 Å². The van der Waals surface area contributed by atoms with Crippen molar-refractivity contribution in [3.05, 3.63) is 35.4 Å². The first kappa shape index (κ1) is 20.3. The third-order valence-corrected chi connectivity index (χ3v) is 7.77. The first-order chi connectivity index (χ1) is 14.4. The largest absolute Gasteiger partial charge is 0.425 e. The molecule has 1 aromatic carbocycles. The van der Waals surface area contributed by atoms with Crippen LogP contribution in [0.1, 0.15) is 57.6 Å². The van der Waals surface area contributed by atoms with Gasteiger partial charge in [-0.05, 0) is 60.1 Å². The highest BCUT2D eigenvalue weighted by molar-refractivity contribution is 5.95. The van der Waals surface area contributed by atoms with Gasteiger partial charge in [0.05, 0.1) is 5.92 Å². The van der Waals surface area contributed by atoms with E-state index in [1.165, 1.54) is 49.9 Å². The Labute approximate surface area is 181 Å². The van der Waals surface area contributed by atoms with Gasteiger partial charge in [-0.2, -0.15) is 0 Å². The molecule has 5 aliphatic rings. The Kier molecular flexibility index (Phi) is 5.27. The number of carbonyl (C=O) groups is 1. The average Bonchev–Trinajstić information content (AvgIpc) is 3.04. The van der Waals surface area contributed by atoms with Crippen LogP contribution in [0.2, 0.25) is 0 Å². The lowest BCUT2D eigenvalue weighted by atomic mass is 9.82.